The quantitative estimate of drug-likeness (QED) is 0.351. The smallest absolute Gasteiger partial charge is 0.256 e. The van der Waals surface area contributed by atoms with Gasteiger partial charge in [0.1, 0.15) is 6.33 Å². The monoisotopic (exact) mass is 517 g/mol. The summed E-state index contributed by atoms with van der Waals surface area (Å²) in [5.41, 5.74) is 12.8. The molecule has 0 spiro atoms. The van der Waals surface area contributed by atoms with E-state index in [1.54, 1.807) is 17.2 Å². The average Bonchev–Trinajstić information content (AvgIpc) is 3.57. The van der Waals surface area contributed by atoms with Gasteiger partial charge in [0.2, 0.25) is 0 Å². The molecule has 0 radical (unpaired) electrons. The summed E-state index contributed by atoms with van der Waals surface area (Å²) in [6.45, 7) is 8.30. The van der Waals surface area contributed by atoms with Crippen molar-refractivity contribution < 1.29 is 9.90 Å². The molecule has 0 saturated carbocycles. The third-order valence-electron chi connectivity index (χ3n) is 6.63. The van der Waals surface area contributed by atoms with E-state index in [9.17, 15) is 9.90 Å². The highest BCUT2D eigenvalue weighted by Crippen LogP contribution is 2.46. The van der Waals surface area contributed by atoms with E-state index in [4.69, 9.17) is 5.73 Å². The van der Waals surface area contributed by atoms with Gasteiger partial charge >= 0.3 is 0 Å². The number of aryl methyl sites for hydroxylation is 2. The molecule has 0 bridgehead atoms. The molecular weight excluding hydrogens is 486 g/mol. The molecule has 0 fully saturated rings. The Morgan fingerprint density at radius 1 is 1.24 bits per heavy atom. The van der Waals surface area contributed by atoms with Gasteiger partial charge in [-0.05, 0) is 35.6 Å². The molecule has 1 amide bonds. The molecule has 192 valence electrons. The molecule has 2 atom stereocenters. The van der Waals surface area contributed by atoms with E-state index in [0.717, 1.165) is 44.7 Å². The predicted molar refractivity (Wildman–Crippen MR) is 146 cm³/mol. The molecule has 2 unspecified atom stereocenters. The molecule has 37 heavy (non-hydrogen) atoms. The van der Waals surface area contributed by atoms with Crippen LogP contribution in [0, 0.1) is 12.3 Å². The molecule has 10 heteroatoms. The first-order valence-electron chi connectivity index (χ1n) is 12.1. The fourth-order valence-electron chi connectivity index (χ4n) is 4.84. The molecule has 5 rings (SSSR count). The van der Waals surface area contributed by atoms with Crippen LogP contribution in [0.2, 0.25) is 0 Å². The number of rotatable bonds is 6. The van der Waals surface area contributed by atoms with Gasteiger partial charge in [-0.2, -0.15) is 5.10 Å². The number of hydrogen-bond donors (Lipinski definition) is 3. The van der Waals surface area contributed by atoms with Gasteiger partial charge in [0.05, 0.1) is 51.5 Å². The first-order valence-corrected chi connectivity index (χ1v) is 12.9. The van der Waals surface area contributed by atoms with Crippen LogP contribution in [0.4, 0.5) is 0 Å². The summed E-state index contributed by atoms with van der Waals surface area (Å²) in [6, 6.07) is 7.81. The molecule has 1 aliphatic rings. The third-order valence-corrected chi connectivity index (χ3v) is 8.36. The van der Waals surface area contributed by atoms with Crippen molar-refractivity contribution in [2.24, 2.45) is 18.2 Å². The molecule has 4 N–H and O–H groups in total. The Labute approximate surface area is 219 Å². The molecule has 4 heterocycles. The Hall–Kier alpha value is -3.63. The fourth-order valence-corrected chi connectivity index (χ4v) is 6.06. The summed E-state index contributed by atoms with van der Waals surface area (Å²) in [6.07, 6.45) is 7.13. The van der Waals surface area contributed by atoms with Gasteiger partial charge in [0.15, 0.2) is 0 Å². The lowest BCUT2D eigenvalue weighted by molar-refractivity contribution is -0.113. The number of fused-ring (bicyclic) bond motifs is 1. The van der Waals surface area contributed by atoms with E-state index in [2.05, 4.69) is 51.8 Å². The summed E-state index contributed by atoms with van der Waals surface area (Å²) in [4.78, 5) is 27.0. The van der Waals surface area contributed by atoms with Crippen molar-refractivity contribution in [3.63, 3.8) is 0 Å². The Bertz CT molecular complexity index is 1510. The van der Waals surface area contributed by atoms with Crippen LogP contribution in [-0.2, 0) is 11.8 Å². The summed E-state index contributed by atoms with van der Waals surface area (Å²) in [5.74, 6) is -0.449. The number of aromatic nitrogens is 5. The number of aliphatic hydroxyl groups is 1. The van der Waals surface area contributed by atoms with Gasteiger partial charge in [0, 0.05) is 30.6 Å². The number of hydrogen-bond acceptors (Lipinski definition) is 7. The minimum Gasteiger partial charge on any atom is -0.394 e. The number of nitrogens with two attached hydrogens (primary N) is 1. The van der Waals surface area contributed by atoms with Gasteiger partial charge in [-0.1, -0.05) is 44.7 Å². The summed E-state index contributed by atoms with van der Waals surface area (Å²) in [7, 11) is 1.89. The van der Waals surface area contributed by atoms with Crippen LogP contribution in [0.5, 0.6) is 0 Å². The second-order valence-electron chi connectivity index (χ2n) is 10.5. The molecule has 3 aromatic heterocycles. The van der Waals surface area contributed by atoms with Crippen LogP contribution >= 0.6 is 11.8 Å². The van der Waals surface area contributed by atoms with Crippen LogP contribution in [0.3, 0.4) is 0 Å². The standard InChI is InChI=1S/C27H31N7O2S/c1-15-8-16(23-24-20(29-14-30-23)9-19(32-24)17-10-31-33(5)11-17)6-7-18(15)21(13-35)34-12-22(25(28)36)37-26(34)27(2,3)4/h6-12,14,21,26,32,35H,13H2,1-5H3,(H2,28,36). The molecule has 0 saturated heterocycles. The number of thioether (sulfide) groups is 1. The van der Waals surface area contributed by atoms with E-state index in [1.807, 2.05) is 44.6 Å². The minimum absolute atomic E-state index is 0.0440. The zero-order chi connectivity index (χ0) is 26.5. The highest BCUT2D eigenvalue weighted by atomic mass is 32.2. The molecule has 0 aliphatic carbocycles. The van der Waals surface area contributed by atoms with Crippen LogP contribution in [0.25, 0.3) is 33.5 Å². The SMILES string of the molecule is Cc1cc(-c2ncnc3cc(-c4cnn(C)c4)[nH]c23)ccc1C(CO)N1C=C(C(N)=O)SC1C(C)(C)C. The van der Waals surface area contributed by atoms with E-state index in [0.29, 0.717) is 4.91 Å². The van der Waals surface area contributed by atoms with Crippen molar-refractivity contribution in [2.75, 3.05) is 6.61 Å². The summed E-state index contributed by atoms with van der Waals surface area (Å²) in [5, 5.41) is 14.7. The van der Waals surface area contributed by atoms with Crippen LogP contribution in [0.1, 0.15) is 37.9 Å². The Morgan fingerprint density at radius 2 is 2.03 bits per heavy atom. The largest absolute Gasteiger partial charge is 0.394 e. The van der Waals surface area contributed by atoms with Crippen molar-refractivity contribution in [3.8, 4) is 22.5 Å². The van der Waals surface area contributed by atoms with Crippen LogP contribution < -0.4 is 5.73 Å². The number of amides is 1. The number of carbonyl (C=O) groups is 1. The zero-order valence-corrected chi connectivity index (χ0v) is 22.4. The van der Waals surface area contributed by atoms with Gasteiger partial charge in [0.25, 0.3) is 5.91 Å². The molecule has 1 aromatic carbocycles. The van der Waals surface area contributed by atoms with Crippen molar-refractivity contribution in [1.82, 2.24) is 29.6 Å². The van der Waals surface area contributed by atoms with E-state index >= 15 is 0 Å². The number of nitrogens with zero attached hydrogens (tertiary/aromatic N) is 5. The Morgan fingerprint density at radius 3 is 2.65 bits per heavy atom. The van der Waals surface area contributed by atoms with Crippen LogP contribution in [0.15, 0.2) is 54.1 Å². The molecule has 1 aliphatic heterocycles. The average molecular weight is 518 g/mol. The Kier molecular flexibility index (Phi) is 6.33. The van der Waals surface area contributed by atoms with Gasteiger partial charge < -0.3 is 20.7 Å². The fraction of sp³-hybridized carbons (Fsp3) is 0.333. The zero-order valence-electron chi connectivity index (χ0n) is 21.6. The third kappa shape index (κ3) is 4.62. The number of nitrogens with one attached hydrogen (secondary N) is 1. The molecule has 4 aromatic rings. The highest BCUT2D eigenvalue weighted by Gasteiger charge is 2.40. The van der Waals surface area contributed by atoms with E-state index in [1.165, 1.54) is 11.8 Å². The second-order valence-corrected chi connectivity index (χ2v) is 11.6. The lowest BCUT2D eigenvalue weighted by atomic mass is 9.92. The number of carbonyl (C=O) groups excluding carboxylic acids is 1. The predicted octanol–water partition coefficient (Wildman–Crippen LogP) is 4.11. The maximum atomic E-state index is 12.0. The minimum atomic E-state index is -0.449. The van der Waals surface area contributed by atoms with Gasteiger partial charge in [-0.15, -0.1) is 0 Å². The van der Waals surface area contributed by atoms with Crippen LogP contribution in [-0.4, -0.2) is 52.6 Å². The normalized spacial score (nSPS) is 16.9. The maximum Gasteiger partial charge on any atom is 0.256 e. The van der Waals surface area contributed by atoms with Gasteiger partial charge in [-0.3, -0.25) is 9.48 Å². The highest BCUT2D eigenvalue weighted by molar-refractivity contribution is 8.04. The number of primary amides is 1. The van der Waals surface area contributed by atoms with Crippen molar-refractivity contribution in [2.45, 2.75) is 39.1 Å². The van der Waals surface area contributed by atoms with E-state index in [-0.39, 0.29) is 23.4 Å². The maximum absolute atomic E-state index is 12.0. The van der Waals surface area contributed by atoms with Crippen molar-refractivity contribution in [3.05, 3.63) is 65.2 Å². The Balaban J connectivity index is 1.53. The lowest BCUT2D eigenvalue weighted by Crippen LogP contribution is -2.39. The second kappa shape index (κ2) is 9.35. The first kappa shape index (κ1) is 25.0. The van der Waals surface area contributed by atoms with Crippen molar-refractivity contribution in [1.29, 1.82) is 0 Å². The summed E-state index contributed by atoms with van der Waals surface area (Å²) >= 11 is 1.46. The number of aliphatic hydroxyl groups excluding tert-OH is 1. The molecular formula is C27H31N7O2S. The van der Waals surface area contributed by atoms with Gasteiger partial charge in [-0.25, -0.2) is 9.97 Å². The topological polar surface area (TPSA) is 126 Å². The first-order chi connectivity index (χ1) is 17.6. The number of H-pyrrole nitrogens is 1. The van der Waals surface area contributed by atoms with E-state index < -0.39 is 5.91 Å². The summed E-state index contributed by atoms with van der Waals surface area (Å²) < 4.78 is 1.76. The molecule has 9 nitrogen and oxygen atoms in total. The number of aromatic amines is 1. The van der Waals surface area contributed by atoms with Crippen molar-refractivity contribution >= 4 is 28.7 Å². The number of benzene rings is 1. The lowest BCUT2D eigenvalue weighted by Gasteiger charge is -2.40.